The van der Waals surface area contributed by atoms with Crippen molar-refractivity contribution in [2.45, 2.75) is 18.9 Å². The first kappa shape index (κ1) is 21.6. The Balaban J connectivity index is 1.36. The van der Waals surface area contributed by atoms with Crippen LogP contribution in [-0.4, -0.2) is 47.0 Å². The van der Waals surface area contributed by atoms with Crippen LogP contribution in [0.1, 0.15) is 12.8 Å². The molecule has 3 aliphatic rings. The minimum absolute atomic E-state index is 0.00547. The molecule has 0 spiro atoms. The summed E-state index contributed by atoms with van der Waals surface area (Å²) in [5.74, 6) is 1.08. The van der Waals surface area contributed by atoms with Crippen LogP contribution in [0.3, 0.4) is 0 Å². The SMILES string of the molecule is COc1cc2ncnc(Nc3ccc(F)c(Cl)c3)c2cc1NC(=O)C=CCN1CC2CC1C2. The molecule has 3 heterocycles. The van der Waals surface area contributed by atoms with Crippen molar-refractivity contribution in [1.82, 2.24) is 14.9 Å². The molecule has 170 valence electrons. The molecule has 0 unspecified atom stereocenters. The number of benzene rings is 2. The number of carbonyl (C=O) groups excluding carboxylic acids is 1. The molecule has 9 heteroatoms. The first-order valence-corrected chi connectivity index (χ1v) is 11.1. The normalized spacial score (nSPS) is 19.6. The van der Waals surface area contributed by atoms with Gasteiger partial charge in [0.25, 0.3) is 0 Å². The van der Waals surface area contributed by atoms with Crippen molar-refractivity contribution >= 4 is 45.6 Å². The molecule has 3 fully saturated rings. The highest BCUT2D eigenvalue weighted by Crippen LogP contribution is 2.40. The zero-order chi connectivity index (χ0) is 22.9. The number of carbonyl (C=O) groups is 1. The Hall–Kier alpha value is -3.23. The number of ether oxygens (including phenoxy) is 1. The molecular weight excluding hydrogens is 445 g/mol. The van der Waals surface area contributed by atoms with E-state index in [1.54, 1.807) is 24.3 Å². The first-order valence-electron chi connectivity index (χ1n) is 10.8. The number of halogens is 2. The highest BCUT2D eigenvalue weighted by Gasteiger charge is 2.41. The number of fused-ring (bicyclic) bond motifs is 2. The highest BCUT2D eigenvalue weighted by molar-refractivity contribution is 6.31. The van der Waals surface area contributed by atoms with Gasteiger partial charge in [0.2, 0.25) is 5.91 Å². The monoisotopic (exact) mass is 467 g/mol. The molecule has 7 nitrogen and oxygen atoms in total. The number of anilines is 3. The molecular formula is C24H23ClFN5O2. The summed E-state index contributed by atoms with van der Waals surface area (Å²) in [5, 5.41) is 6.68. The standard InChI is InChI=1S/C24H23ClFN5O2/c1-33-22-11-20-17(24(28-13-27-20)29-15-4-5-19(26)18(25)9-15)10-21(22)30-23(32)3-2-6-31-12-14-7-16(31)8-14/h2-5,9-11,13-14,16H,6-8,12H2,1H3,(H,30,32)(H,27,28,29). The Labute approximate surface area is 195 Å². The summed E-state index contributed by atoms with van der Waals surface area (Å²) in [5.41, 5.74) is 1.70. The van der Waals surface area contributed by atoms with Gasteiger partial charge >= 0.3 is 0 Å². The maximum Gasteiger partial charge on any atom is 0.248 e. The van der Waals surface area contributed by atoms with E-state index in [9.17, 15) is 9.18 Å². The number of amides is 1. The Morgan fingerprint density at radius 3 is 2.88 bits per heavy atom. The Morgan fingerprint density at radius 1 is 1.30 bits per heavy atom. The van der Waals surface area contributed by atoms with E-state index < -0.39 is 5.82 Å². The molecule has 3 aromatic rings. The summed E-state index contributed by atoms with van der Waals surface area (Å²) < 4.78 is 19.0. The zero-order valence-corrected chi connectivity index (χ0v) is 18.8. The van der Waals surface area contributed by atoms with Crippen molar-refractivity contribution in [3.8, 4) is 5.75 Å². The molecule has 2 aliphatic heterocycles. The van der Waals surface area contributed by atoms with Gasteiger partial charge in [-0.1, -0.05) is 17.7 Å². The van der Waals surface area contributed by atoms with Crippen LogP contribution in [0.4, 0.5) is 21.6 Å². The summed E-state index contributed by atoms with van der Waals surface area (Å²) in [6, 6.07) is 8.49. The Kier molecular flexibility index (Phi) is 5.86. The number of hydrogen-bond donors (Lipinski definition) is 2. The second-order valence-electron chi connectivity index (χ2n) is 8.38. The fourth-order valence-corrected chi connectivity index (χ4v) is 4.66. The molecule has 1 amide bonds. The lowest BCUT2D eigenvalue weighted by Gasteiger charge is -2.25. The first-order chi connectivity index (χ1) is 16.0. The van der Waals surface area contributed by atoms with Crippen LogP contribution in [0.5, 0.6) is 5.75 Å². The van der Waals surface area contributed by atoms with Gasteiger partial charge in [0.05, 0.1) is 23.3 Å². The van der Waals surface area contributed by atoms with Crippen LogP contribution in [-0.2, 0) is 4.79 Å². The number of nitrogens with one attached hydrogen (secondary N) is 2. The third-order valence-corrected chi connectivity index (χ3v) is 6.52. The number of aromatic nitrogens is 2. The average molecular weight is 468 g/mol. The second-order valence-corrected chi connectivity index (χ2v) is 8.79. The fraction of sp³-hybridized carbons (Fsp3) is 0.292. The Morgan fingerprint density at radius 2 is 2.15 bits per heavy atom. The van der Waals surface area contributed by atoms with E-state index in [0.29, 0.717) is 39.9 Å². The molecule has 2 saturated heterocycles. The lowest BCUT2D eigenvalue weighted by molar-refractivity contribution is -0.111. The zero-order valence-electron chi connectivity index (χ0n) is 18.0. The molecule has 2 aromatic carbocycles. The third kappa shape index (κ3) is 4.49. The number of rotatable bonds is 7. The predicted molar refractivity (Wildman–Crippen MR) is 127 cm³/mol. The van der Waals surface area contributed by atoms with Crippen molar-refractivity contribution in [1.29, 1.82) is 0 Å². The summed E-state index contributed by atoms with van der Waals surface area (Å²) >= 11 is 5.89. The van der Waals surface area contributed by atoms with Gasteiger partial charge in [-0.15, -0.1) is 0 Å². The fourth-order valence-electron chi connectivity index (χ4n) is 4.48. The van der Waals surface area contributed by atoms with E-state index >= 15 is 0 Å². The van der Waals surface area contributed by atoms with E-state index in [-0.39, 0.29) is 10.9 Å². The van der Waals surface area contributed by atoms with Gasteiger partial charge in [-0.3, -0.25) is 9.69 Å². The molecule has 2 bridgehead atoms. The van der Waals surface area contributed by atoms with Crippen molar-refractivity contribution < 1.29 is 13.9 Å². The molecule has 6 rings (SSSR count). The van der Waals surface area contributed by atoms with E-state index in [1.807, 2.05) is 6.08 Å². The lowest BCUT2D eigenvalue weighted by atomic mass is 9.86. The molecule has 0 radical (unpaired) electrons. The topological polar surface area (TPSA) is 79.4 Å². The van der Waals surface area contributed by atoms with Gasteiger partial charge in [0, 0.05) is 42.3 Å². The minimum atomic E-state index is -0.501. The molecule has 0 atom stereocenters. The molecule has 1 saturated carbocycles. The van der Waals surface area contributed by atoms with Crippen LogP contribution in [0.25, 0.3) is 10.9 Å². The average Bonchev–Trinajstić information content (AvgIpc) is 3.36. The van der Waals surface area contributed by atoms with Crippen molar-refractivity contribution in [3.63, 3.8) is 0 Å². The summed E-state index contributed by atoms with van der Waals surface area (Å²) in [6.45, 7) is 1.91. The van der Waals surface area contributed by atoms with Crippen LogP contribution >= 0.6 is 11.6 Å². The lowest BCUT2D eigenvalue weighted by Crippen LogP contribution is -2.28. The van der Waals surface area contributed by atoms with Gasteiger partial charge in [-0.25, -0.2) is 14.4 Å². The van der Waals surface area contributed by atoms with Gasteiger partial charge in [-0.05, 0) is 43.0 Å². The van der Waals surface area contributed by atoms with E-state index in [0.717, 1.165) is 19.0 Å². The summed E-state index contributed by atoms with van der Waals surface area (Å²) in [4.78, 5) is 23.6. The highest BCUT2D eigenvalue weighted by atomic mass is 35.5. The quantitative estimate of drug-likeness (QED) is 0.487. The van der Waals surface area contributed by atoms with Crippen molar-refractivity contribution in [2.24, 2.45) is 5.92 Å². The van der Waals surface area contributed by atoms with Gasteiger partial charge in [0.1, 0.15) is 23.7 Å². The van der Waals surface area contributed by atoms with Crippen LogP contribution in [0, 0.1) is 11.7 Å². The predicted octanol–water partition coefficient (Wildman–Crippen LogP) is 4.76. The van der Waals surface area contributed by atoms with E-state index in [2.05, 4.69) is 25.5 Å². The summed E-state index contributed by atoms with van der Waals surface area (Å²) in [6.07, 6.45) is 7.45. The van der Waals surface area contributed by atoms with Gasteiger partial charge in [-0.2, -0.15) is 0 Å². The number of hydrogen-bond acceptors (Lipinski definition) is 6. The molecule has 2 N–H and O–H groups in total. The maximum atomic E-state index is 13.5. The van der Waals surface area contributed by atoms with Crippen LogP contribution in [0.15, 0.2) is 48.8 Å². The molecule has 1 aliphatic carbocycles. The van der Waals surface area contributed by atoms with Gasteiger partial charge in [0.15, 0.2) is 0 Å². The number of nitrogens with zero attached hydrogens (tertiary/aromatic N) is 3. The minimum Gasteiger partial charge on any atom is -0.494 e. The third-order valence-electron chi connectivity index (χ3n) is 6.23. The van der Waals surface area contributed by atoms with E-state index in [4.69, 9.17) is 16.3 Å². The molecule has 33 heavy (non-hydrogen) atoms. The van der Waals surface area contributed by atoms with Crippen molar-refractivity contribution in [2.75, 3.05) is 30.8 Å². The maximum absolute atomic E-state index is 13.5. The second kappa shape index (κ2) is 8.96. The smallest absolute Gasteiger partial charge is 0.248 e. The van der Waals surface area contributed by atoms with Crippen molar-refractivity contribution in [3.05, 3.63) is 59.7 Å². The Bertz CT molecular complexity index is 1240. The van der Waals surface area contributed by atoms with E-state index in [1.165, 1.54) is 38.4 Å². The molecule has 1 aromatic heterocycles. The van der Waals surface area contributed by atoms with Crippen LogP contribution < -0.4 is 15.4 Å². The number of methoxy groups -OCH3 is 1. The van der Waals surface area contributed by atoms with Gasteiger partial charge < -0.3 is 15.4 Å². The summed E-state index contributed by atoms with van der Waals surface area (Å²) in [7, 11) is 1.53. The largest absolute Gasteiger partial charge is 0.494 e. The van der Waals surface area contributed by atoms with Crippen LogP contribution in [0.2, 0.25) is 5.02 Å².